The third kappa shape index (κ3) is 2.28. The average molecular weight is 330 g/mol. The molecule has 0 atom stereocenters. The molecule has 1 aliphatic carbocycles. The summed E-state index contributed by atoms with van der Waals surface area (Å²) in [5, 5.41) is 3.26. The van der Waals surface area contributed by atoms with Gasteiger partial charge in [0.15, 0.2) is 0 Å². The van der Waals surface area contributed by atoms with Crippen LogP contribution >= 0.6 is 11.6 Å². The van der Waals surface area contributed by atoms with Crippen LogP contribution in [0.2, 0.25) is 5.02 Å². The first-order valence-electron chi connectivity index (χ1n) is 7.31. The van der Waals surface area contributed by atoms with Crippen molar-refractivity contribution in [1.29, 1.82) is 0 Å². The lowest BCUT2D eigenvalue weighted by Gasteiger charge is -2.15. The second-order valence-corrected chi connectivity index (χ2v) is 6.14. The molecule has 1 aromatic heterocycles. The van der Waals surface area contributed by atoms with Gasteiger partial charge in [0.2, 0.25) is 11.9 Å². The van der Waals surface area contributed by atoms with Gasteiger partial charge in [0.05, 0.1) is 16.0 Å². The second-order valence-electron chi connectivity index (χ2n) is 5.74. The van der Waals surface area contributed by atoms with Gasteiger partial charge in [0.1, 0.15) is 11.3 Å². The Balaban J connectivity index is 1.65. The predicted molar refractivity (Wildman–Crippen MR) is 87.0 cm³/mol. The van der Waals surface area contributed by atoms with Gasteiger partial charge in [-0.05, 0) is 31.0 Å². The van der Waals surface area contributed by atoms with Crippen LogP contribution in [0.3, 0.4) is 0 Å². The molecule has 2 aromatic carbocycles. The number of nitrogens with zero attached hydrogens (tertiary/aromatic N) is 1. The molecule has 0 bridgehead atoms. The Kier molecular flexibility index (Phi) is 3.13. The van der Waals surface area contributed by atoms with Crippen LogP contribution < -0.4 is 5.32 Å². The fourth-order valence-corrected chi connectivity index (χ4v) is 3.09. The van der Waals surface area contributed by atoms with Crippen molar-refractivity contribution in [2.24, 2.45) is 0 Å². The van der Waals surface area contributed by atoms with Crippen LogP contribution in [-0.2, 0) is 10.2 Å². The monoisotopic (exact) mass is 329 g/mol. The van der Waals surface area contributed by atoms with Crippen molar-refractivity contribution < 1.29 is 9.18 Å². The van der Waals surface area contributed by atoms with Gasteiger partial charge >= 0.3 is 0 Å². The number of carbonyl (C=O) groups is 1. The van der Waals surface area contributed by atoms with Crippen LogP contribution in [0.5, 0.6) is 0 Å². The predicted octanol–water partition coefficient (Wildman–Crippen LogP) is 4.03. The Bertz CT molecular complexity index is 917. The Morgan fingerprint density at radius 3 is 2.70 bits per heavy atom. The van der Waals surface area contributed by atoms with Gasteiger partial charge in [-0.3, -0.25) is 10.1 Å². The molecule has 2 N–H and O–H groups in total. The number of aromatic nitrogens is 2. The number of benzene rings is 2. The molecule has 0 saturated heterocycles. The maximum Gasteiger partial charge on any atom is 0.237 e. The number of para-hydroxylation sites is 1. The topological polar surface area (TPSA) is 57.8 Å². The van der Waals surface area contributed by atoms with Crippen LogP contribution in [0.15, 0.2) is 42.5 Å². The van der Waals surface area contributed by atoms with E-state index in [9.17, 15) is 9.18 Å². The Morgan fingerprint density at radius 1 is 1.22 bits per heavy atom. The Morgan fingerprint density at radius 2 is 2.00 bits per heavy atom. The van der Waals surface area contributed by atoms with E-state index in [0.29, 0.717) is 34.9 Å². The van der Waals surface area contributed by atoms with Crippen molar-refractivity contribution in [1.82, 2.24) is 9.97 Å². The van der Waals surface area contributed by atoms with Gasteiger partial charge in [0, 0.05) is 5.56 Å². The minimum Gasteiger partial charge on any atom is -0.324 e. The molecule has 1 fully saturated rings. The number of nitrogens with one attached hydrogen (secondary N) is 2. The van der Waals surface area contributed by atoms with Gasteiger partial charge in [0.25, 0.3) is 0 Å². The molecule has 1 aliphatic rings. The van der Waals surface area contributed by atoms with Crippen LogP contribution in [0, 0.1) is 5.82 Å². The SMILES string of the molecule is O=C(Nc1nc2c(Cl)cccc2[nH]1)C1(c2ccccc2F)CC1. The van der Waals surface area contributed by atoms with E-state index < -0.39 is 5.41 Å². The fraction of sp³-hybridized carbons (Fsp3) is 0.176. The maximum absolute atomic E-state index is 14.0. The first-order valence-corrected chi connectivity index (χ1v) is 7.69. The summed E-state index contributed by atoms with van der Waals surface area (Å²) in [5.74, 6) is -0.286. The number of H-pyrrole nitrogens is 1. The van der Waals surface area contributed by atoms with E-state index in [1.165, 1.54) is 6.07 Å². The van der Waals surface area contributed by atoms with Gasteiger partial charge in [-0.15, -0.1) is 0 Å². The van der Waals surface area contributed by atoms with Gasteiger partial charge < -0.3 is 4.98 Å². The van der Waals surface area contributed by atoms with Crippen LogP contribution in [0.4, 0.5) is 10.3 Å². The summed E-state index contributed by atoms with van der Waals surface area (Å²) in [5.41, 5.74) is 0.976. The van der Waals surface area contributed by atoms with E-state index in [2.05, 4.69) is 15.3 Å². The number of aromatic amines is 1. The third-order valence-electron chi connectivity index (χ3n) is 4.27. The number of fused-ring (bicyclic) bond motifs is 1. The minimum absolute atomic E-state index is 0.252. The first kappa shape index (κ1) is 14.2. The maximum atomic E-state index is 14.0. The largest absolute Gasteiger partial charge is 0.324 e. The van der Waals surface area contributed by atoms with Crippen molar-refractivity contribution >= 4 is 34.5 Å². The molecule has 0 spiro atoms. The highest BCUT2D eigenvalue weighted by atomic mass is 35.5. The van der Waals surface area contributed by atoms with Gasteiger partial charge in [-0.25, -0.2) is 9.37 Å². The summed E-state index contributed by atoms with van der Waals surface area (Å²) < 4.78 is 14.0. The number of amides is 1. The van der Waals surface area contributed by atoms with Crippen LogP contribution in [-0.4, -0.2) is 15.9 Å². The van der Waals surface area contributed by atoms with Crippen molar-refractivity contribution in [3.05, 3.63) is 58.9 Å². The molecule has 4 rings (SSSR count). The fourth-order valence-electron chi connectivity index (χ4n) is 2.88. The molecule has 1 heterocycles. The van der Waals surface area contributed by atoms with Crippen molar-refractivity contribution in [2.45, 2.75) is 18.3 Å². The zero-order valence-corrected chi connectivity index (χ0v) is 12.8. The number of rotatable bonds is 3. The zero-order chi connectivity index (χ0) is 16.0. The summed E-state index contributed by atoms with van der Waals surface area (Å²) >= 11 is 6.08. The van der Waals surface area contributed by atoms with Crippen LogP contribution in [0.25, 0.3) is 11.0 Å². The summed E-state index contributed by atoms with van der Waals surface area (Å²) in [4.78, 5) is 19.9. The van der Waals surface area contributed by atoms with Gasteiger partial charge in [-0.1, -0.05) is 35.9 Å². The van der Waals surface area contributed by atoms with Crippen molar-refractivity contribution in [2.75, 3.05) is 5.32 Å². The van der Waals surface area contributed by atoms with Crippen molar-refractivity contribution in [3.8, 4) is 0 Å². The first-order chi connectivity index (χ1) is 11.1. The average Bonchev–Trinajstić information content (AvgIpc) is 3.23. The Labute approximate surface area is 136 Å². The summed E-state index contributed by atoms with van der Waals surface area (Å²) in [6.45, 7) is 0. The summed E-state index contributed by atoms with van der Waals surface area (Å²) in [7, 11) is 0. The van der Waals surface area contributed by atoms with Crippen LogP contribution in [0.1, 0.15) is 18.4 Å². The highest BCUT2D eigenvalue weighted by Gasteiger charge is 2.52. The quantitative estimate of drug-likeness (QED) is 0.762. The molecule has 23 heavy (non-hydrogen) atoms. The number of carbonyl (C=O) groups excluding carboxylic acids is 1. The molecule has 4 nitrogen and oxygen atoms in total. The third-order valence-corrected chi connectivity index (χ3v) is 4.57. The second kappa shape index (κ2) is 5.06. The zero-order valence-electron chi connectivity index (χ0n) is 12.1. The van der Waals surface area contributed by atoms with E-state index in [0.717, 1.165) is 5.52 Å². The molecule has 1 saturated carbocycles. The molecule has 3 aromatic rings. The lowest BCUT2D eigenvalue weighted by Crippen LogP contribution is -2.29. The van der Waals surface area contributed by atoms with E-state index in [4.69, 9.17) is 11.6 Å². The normalized spacial score (nSPS) is 15.6. The molecule has 6 heteroatoms. The van der Waals surface area contributed by atoms with Crippen molar-refractivity contribution in [3.63, 3.8) is 0 Å². The number of halogens is 2. The molecule has 0 unspecified atom stereocenters. The summed E-state index contributed by atoms with van der Waals surface area (Å²) in [6.07, 6.45) is 1.25. The van der Waals surface area contributed by atoms with E-state index in [1.807, 2.05) is 6.07 Å². The molecule has 1 amide bonds. The number of imidazole rings is 1. The summed E-state index contributed by atoms with van der Waals surface area (Å²) in [6, 6.07) is 11.8. The highest BCUT2D eigenvalue weighted by molar-refractivity contribution is 6.35. The lowest BCUT2D eigenvalue weighted by molar-refractivity contribution is -0.118. The standard InChI is InChI=1S/C17H13ClFN3O/c18-11-5-3-7-13-14(11)21-16(20-13)22-15(23)17(8-9-17)10-4-1-2-6-12(10)19/h1-7H,8-9H2,(H2,20,21,22,23). The molecule has 0 aliphatic heterocycles. The molecule has 116 valence electrons. The smallest absolute Gasteiger partial charge is 0.237 e. The highest BCUT2D eigenvalue weighted by Crippen LogP contribution is 2.49. The Hall–Kier alpha value is -2.40. The van der Waals surface area contributed by atoms with Gasteiger partial charge in [-0.2, -0.15) is 0 Å². The minimum atomic E-state index is -0.798. The van der Waals surface area contributed by atoms with E-state index in [-0.39, 0.29) is 11.7 Å². The lowest BCUT2D eigenvalue weighted by atomic mass is 9.94. The number of hydrogen-bond acceptors (Lipinski definition) is 2. The molecule has 0 radical (unpaired) electrons. The number of hydrogen-bond donors (Lipinski definition) is 2. The molecular weight excluding hydrogens is 317 g/mol. The van der Waals surface area contributed by atoms with E-state index >= 15 is 0 Å². The van der Waals surface area contributed by atoms with E-state index in [1.54, 1.807) is 30.3 Å². The number of anilines is 1. The molecular formula is C17H13ClFN3O.